The van der Waals surface area contributed by atoms with E-state index in [0.29, 0.717) is 24.3 Å². The van der Waals surface area contributed by atoms with E-state index in [2.05, 4.69) is 5.32 Å². The number of hydrogen-bond acceptors (Lipinski definition) is 4. The van der Waals surface area contributed by atoms with E-state index in [-0.39, 0.29) is 12.5 Å². The highest BCUT2D eigenvalue weighted by atomic mass is 16.3. The molecule has 1 aromatic rings. The molecule has 0 saturated heterocycles. The largest absolute Gasteiger partial charge is 0.389 e. The number of aliphatic hydroxyl groups is 1. The number of nitriles is 1. The molecule has 0 atom stereocenters. The summed E-state index contributed by atoms with van der Waals surface area (Å²) in [6, 6.07) is 8.81. The molecule has 0 aliphatic rings. The van der Waals surface area contributed by atoms with Crippen LogP contribution in [-0.2, 0) is 4.79 Å². The number of likely N-dealkylation sites (N-methyl/N-ethyl adjacent to an activating group) is 1. The summed E-state index contributed by atoms with van der Waals surface area (Å²) in [5.41, 5.74) is 0.275. The third-order valence-electron chi connectivity index (χ3n) is 2.70. The number of benzene rings is 1. The lowest BCUT2D eigenvalue weighted by Crippen LogP contribution is -2.42. The Hall–Kier alpha value is -1.90. The highest BCUT2D eigenvalue weighted by Gasteiger charge is 2.19. The number of carbonyl (C=O) groups is 1. The lowest BCUT2D eigenvalue weighted by Gasteiger charge is -2.27. The number of carbonyl (C=O) groups excluding carboxylic acids is 1. The van der Waals surface area contributed by atoms with E-state index in [0.717, 1.165) is 0 Å². The van der Waals surface area contributed by atoms with E-state index in [1.165, 1.54) is 0 Å². The maximum atomic E-state index is 11.9. The van der Waals surface area contributed by atoms with E-state index in [4.69, 9.17) is 5.26 Å². The second-order valence-electron chi connectivity index (χ2n) is 5.36. The van der Waals surface area contributed by atoms with E-state index in [9.17, 15) is 9.90 Å². The Morgan fingerprint density at radius 1 is 1.50 bits per heavy atom. The first-order chi connectivity index (χ1) is 9.34. The molecule has 0 fully saturated rings. The smallest absolute Gasteiger partial charge is 0.238 e. The molecule has 20 heavy (non-hydrogen) atoms. The van der Waals surface area contributed by atoms with Crippen molar-refractivity contribution in [1.29, 1.82) is 5.26 Å². The first kappa shape index (κ1) is 16.2. The Kier molecular flexibility index (Phi) is 5.68. The number of amides is 1. The zero-order valence-corrected chi connectivity index (χ0v) is 12.2. The average molecular weight is 275 g/mol. The summed E-state index contributed by atoms with van der Waals surface area (Å²) in [6.45, 7) is 6.67. The van der Waals surface area contributed by atoms with Crippen molar-refractivity contribution in [2.75, 3.05) is 25.0 Å². The van der Waals surface area contributed by atoms with Crippen molar-refractivity contribution in [1.82, 2.24) is 4.90 Å². The summed E-state index contributed by atoms with van der Waals surface area (Å²) in [7, 11) is 0. The molecule has 108 valence electrons. The quantitative estimate of drug-likeness (QED) is 0.826. The second kappa shape index (κ2) is 7.04. The zero-order valence-electron chi connectivity index (χ0n) is 12.2. The Morgan fingerprint density at radius 2 is 2.20 bits per heavy atom. The van der Waals surface area contributed by atoms with Crippen molar-refractivity contribution in [3.05, 3.63) is 29.8 Å². The Balaban J connectivity index is 2.60. The van der Waals surface area contributed by atoms with Crippen LogP contribution in [0.4, 0.5) is 5.69 Å². The molecule has 1 rings (SSSR count). The number of nitrogens with one attached hydrogen (secondary N) is 1. The molecule has 0 saturated carbocycles. The van der Waals surface area contributed by atoms with Gasteiger partial charge in [0.2, 0.25) is 5.91 Å². The lowest BCUT2D eigenvalue weighted by molar-refractivity contribution is -0.117. The molecule has 5 heteroatoms. The van der Waals surface area contributed by atoms with Crippen molar-refractivity contribution in [3.8, 4) is 6.07 Å². The van der Waals surface area contributed by atoms with Gasteiger partial charge in [0, 0.05) is 12.2 Å². The standard InChI is InChI=1S/C15H21N3O2/c1-4-18(11-15(2,3)20)10-14(19)17-13-7-5-6-12(8-13)9-16/h5-8,20H,4,10-11H2,1-3H3,(H,17,19). The first-order valence-electron chi connectivity index (χ1n) is 6.59. The predicted molar refractivity (Wildman–Crippen MR) is 78.2 cm³/mol. The topological polar surface area (TPSA) is 76.4 Å². The molecule has 0 aromatic heterocycles. The maximum absolute atomic E-state index is 11.9. The monoisotopic (exact) mass is 275 g/mol. The highest BCUT2D eigenvalue weighted by Crippen LogP contribution is 2.10. The van der Waals surface area contributed by atoms with Crippen molar-refractivity contribution in [3.63, 3.8) is 0 Å². The number of hydrogen-bond donors (Lipinski definition) is 2. The van der Waals surface area contributed by atoms with Crippen LogP contribution >= 0.6 is 0 Å². The lowest BCUT2D eigenvalue weighted by atomic mass is 10.1. The van der Waals surface area contributed by atoms with Crippen LogP contribution in [-0.4, -0.2) is 41.1 Å². The van der Waals surface area contributed by atoms with E-state index in [1.807, 2.05) is 17.9 Å². The van der Waals surface area contributed by atoms with Gasteiger partial charge in [-0.15, -0.1) is 0 Å². The minimum absolute atomic E-state index is 0.161. The summed E-state index contributed by atoms with van der Waals surface area (Å²) in [6.07, 6.45) is 0. The molecule has 0 radical (unpaired) electrons. The molecule has 0 aliphatic heterocycles. The van der Waals surface area contributed by atoms with Gasteiger partial charge in [0.15, 0.2) is 0 Å². The molecule has 1 aromatic carbocycles. The summed E-state index contributed by atoms with van der Waals surface area (Å²) >= 11 is 0. The van der Waals surface area contributed by atoms with Gasteiger partial charge >= 0.3 is 0 Å². The summed E-state index contributed by atoms with van der Waals surface area (Å²) in [5, 5.41) is 21.3. The average Bonchev–Trinajstić information content (AvgIpc) is 2.36. The van der Waals surface area contributed by atoms with Gasteiger partial charge in [-0.25, -0.2) is 0 Å². The fourth-order valence-corrected chi connectivity index (χ4v) is 1.90. The van der Waals surface area contributed by atoms with Crippen LogP contribution in [0, 0.1) is 11.3 Å². The number of anilines is 1. The Bertz CT molecular complexity index is 501. The van der Waals surface area contributed by atoms with E-state index >= 15 is 0 Å². The van der Waals surface area contributed by atoms with Gasteiger partial charge in [-0.1, -0.05) is 13.0 Å². The van der Waals surface area contributed by atoms with Crippen LogP contribution in [0.3, 0.4) is 0 Å². The molecule has 0 aliphatic carbocycles. The highest BCUT2D eigenvalue weighted by molar-refractivity contribution is 5.92. The summed E-state index contributed by atoms with van der Waals surface area (Å²) in [4.78, 5) is 13.8. The minimum atomic E-state index is -0.836. The van der Waals surface area contributed by atoms with Crippen LogP contribution < -0.4 is 5.32 Å². The van der Waals surface area contributed by atoms with Crippen molar-refractivity contribution in [2.24, 2.45) is 0 Å². The van der Waals surface area contributed by atoms with Crippen LogP contribution in [0.1, 0.15) is 26.3 Å². The third kappa shape index (κ3) is 5.83. The molecule has 0 spiro atoms. The van der Waals surface area contributed by atoms with Gasteiger partial charge in [0.1, 0.15) is 0 Å². The molecular weight excluding hydrogens is 254 g/mol. The fourth-order valence-electron chi connectivity index (χ4n) is 1.90. The van der Waals surface area contributed by atoms with Gasteiger partial charge in [0.05, 0.1) is 23.8 Å². The molecule has 2 N–H and O–H groups in total. The van der Waals surface area contributed by atoms with Crippen molar-refractivity contribution in [2.45, 2.75) is 26.4 Å². The predicted octanol–water partition coefficient (Wildman–Crippen LogP) is 1.59. The molecule has 5 nitrogen and oxygen atoms in total. The maximum Gasteiger partial charge on any atom is 0.238 e. The van der Waals surface area contributed by atoms with Gasteiger partial charge < -0.3 is 10.4 Å². The summed E-state index contributed by atoms with van der Waals surface area (Å²) < 4.78 is 0. The molecule has 0 bridgehead atoms. The van der Waals surface area contributed by atoms with Gasteiger partial charge in [-0.3, -0.25) is 9.69 Å². The Morgan fingerprint density at radius 3 is 2.75 bits per heavy atom. The van der Waals surface area contributed by atoms with Gasteiger partial charge in [-0.05, 0) is 38.6 Å². The van der Waals surface area contributed by atoms with Crippen molar-refractivity contribution < 1.29 is 9.90 Å². The second-order valence-corrected chi connectivity index (χ2v) is 5.36. The first-order valence-corrected chi connectivity index (χ1v) is 6.59. The summed E-state index contributed by atoms with van der Waals surface area (Å²) in [5.74, 6) is -0.161. The van der Waals surface area contributed by atoms with Crippen LogP contribution in [0.25, 0.3) is 0 Å². The van der Waals surface area contributed by atoms with Gasteiger partial charge in [-0.2, -0.15) is 5.26 Å². The normalized spacial score (nSPS) is 11.2. The van der Waals surface area contributed by atoms with E-state index in [1.54, 1.807) is 38.1 Å². The van der Waals surface area contributed by atoms with Crippen LogP contribution in [0.15, 0.2) is 24.3 Å². The third-order valence-corrected chi connectivity index (χ3v) is 2.70. The van der Waals surface area contributed by atoms with Gasteiger partial charge in [0.25, 0.3) is 0 Å². The van der Waals surface area contributed by atoms with Crippen LogP contribution in [0.5, 0.6) is 0 Å². The molecule has 0 unspecified atom stereocenters. The minimum Gasteiger partial charge on any atom is -0.389 e. The van der Waals surface area contributed by atoms with Crippen LogP contribution in [0.2, 0.25) is 0 Å². The fraction of sp³-hybridized carbons (Fsp3) is 0.467. The molecular formula is C15H21N3O2. The number of nitrogens with zero attached hydrogens (tertiary/aromatic N) is 2. The molecule has 0 heterocycles. The van der Waals surface area contributed by atoms with Crippen molar-refractivity contribution >= 4 is 11.6 Å². The van der Waals surface area contributed by atoms with E-state index < -0.39 is 5.60 Å². The molecule has 1 amide bonds. The zero-order chi connectivity index (χ0) is 15.2. The Labute approximate surface area is 119 Å². The number of rotatable bonds is 6. The SMILES string of the molecule is CCN(CC(=O)Nc1cccc(C#N)c1)CC(C)(C)O.